The monoisotopic (exact) mass is 347 g/mol. The van der Waals surface area contributed by atoms with E-state index in [0.717, 1.165) is 21.0 Å². The Hall–Kier alpha value is -1.77. The summed E-state index contributed by atoms with van der Waals surface area (Å²) in [7, 11) is 0. The van der Waals surface area contributed by atoms with Crippen LogP contribution in [0.2, 0.25) is 0 Å². The normalized spacial score (nSPS) is 12.2. The molecule has 0 atom stereocenters. The highest BCUT2D eigenvalue weighted by molar-refractivity contribution is 7.20. The molecule has 0 radical (unpaired) electrons. The number of aryl methyl sites for hydroxylation is 1. The van der Waals surface area contributed by atoms with Gasteiger partial charge in [0.05, 0.1) is 35.6 Å². The fraction of sp³-hybridized carbons (Fsp3) is 0.353. The number of fused-ring (bicyclic) bond motifs is 1. The Balaban J connectivity index is 1.86. The van der Waals surface area contributed by atoms with E-state index < -0.39 is 5.54 Å². The van der Waals surface area contributed by atoms with Gasteiger partial charge in [-0.3, -0.25) is 9.88 Å². The van der Waals surface area contributed by atoms with E-state index in [4.69, 9.17) is 0 Å². The molecule has 0 aliphatic heterocycles. The van der Waals surface area contributed by atoms with Crippen molar-refractivity contribution < 1.29 is 15.3 Å². The molecular weight excluding hydrogens is 326 g/mol. The molecule has 128 valence electrons. The summed E-state index contributed by atoms with van der Waals surface area (Å²) in [6.45, 7) is 1.41. The molecule has 7 heteroatoms. The van der Waals surface area contributed by atoms with E-state index in [1.807, 2.05) is 35.0 Å². The third kappa shape index (κ3) is 3.22. The molecule has 0 aliphatic rings. The lowest BCUT2D eigenvalue weighted by atomic mass is 10.0. The fourth-order valence-corrected chi connectivity index (χ4v) is 3.55. The quantitative estimate of drug-likeness (QED) is 0.516. The minimum Gasteiger partial charge on any atom is -0.394 e. The van der Waals surface area contributed by atoms with Gasteiger partial charge in [0.15, 0.2) is 5.13 Å². The van der Waals surface area contributed by atoms with Crippen LogP contribution in [0.3, 0.4) is 0 Å². The number of aromatic nitrogens is 2. The van der Waals surface area contributed by atoms with Crippen LogP contribution in [0.1, 0.15) is 11.3 Å². The molecule has 0 aliphatic carbocycles. The Kier molecular flexibility index (Phi) is 4.98. The summed E-state index contributed by atoms with van der Waals surface area (Å²) in [5.41, 5.74) is 2.00. The highest BCUT2D eigenvalue weighted by Crippen LogP contribution is 2.27. The average molecular weight is 347 g/mol. The zero-order chi connectivity index (χ0) is 17.2. The SMILES string of the molecule is Cc1ccc2nc(-n3cccc3CNC(CO)(CO)CO)sc2c1. The van der Waals surface area contributed by atoms with E-state index in [1.54, 1.807) is 11.3 Å². The predicted molar refractivity (Wildman–Crippen MR) is 94.5 cm³/mol. The first-order valence-electron chi connectivity index (χ1n) is 7.72. The topological polar surface area (TPSA) is 90.5 Å². The maximum absolute atomic E-state index is 9.41. The summed E-state index contributed by atoms with van der Waals surface area (Å²) in [6, 6.07) is 10.0. The lowest BCUT2D eigenvalue weighted by Gasteiger charge is -2.28. The number of thiazole rings is 1. The maximum atomic E-state index is 9.41. The first-order chi connectivity index (χ1) is 11.6. The highest BCUT2D eigenvalue weighted by atomic mass is 32.1. The van der Waals surface area contributed by atoms with Crippen LogP contribution >= 0.6 is 11.3 Å². The van der Waals surface area contributed by atoms with Crippen LogP contribution in [0.4, 0.5) is 0 Å². The second kappa shape index (κ2) is 7.00. The number of aliphatic hydroxyl groups is 3. The lowest BCUT2D eigenvalue weighted by molar-refractivity contribution is 0.0411. The van der Waals surface area contributed by atoms with Gasteiger partial charge in [-0.25, -0.2) is 4.98 Å². The standard InChI is InChI=1S/C17H21N3O3S/c1-12-4-5-14-15(7-12)24-16(19-14)20-6-2-3-13(20)8-18-17(9-21,10-22)11-23/h2-7,18,21-23H,8-11H2,1H3. The minimum atomic E-state index is -1.10. The van der Waals surface area contributed by atoms with Gasteiger partial charge in [-0.15, -0.1) is 0 Å². The second-order valence-electron chi connectivity index (χ2n) is 5.95. The van der Waals surface area contributed by atoms with Crippen LogP contribution in [0.15, 0.2) is 36.5 Å². The third-order valence-electron chi connectivity index (χ3n) is 4.12. The summed E-state index contributed by atoms with van der Waals surface area (Å²) in [4.78, 5) is 4.67. The number of benzene rings is 1. The molecule has 1 aromatic carbocycles. The summed E-state index contributed by atoms with van der Waals surface area (Å²) in [5, 5.41) is 32.1. The van der Waals surface area contributed by atoms with Crippen LogP contribution < -0.4 is 5.32 Å². The van der Waals surface area contributed by atoms with Gasteiger partial charge in [0.1, 0.15) is 0 Å². The van der Waals surface area contributed by atoms with Gasteiger partial charge in [0, 0.05) is 18.4 Å². The molecule has 0 spiro atoms. The van der Waals surface area contributed by atoms with Crippen molar-refractivity contribution in [3.8, 4) is 5.13 Å². The van der Waals surface area contributed by atoms with Gasteiger partial charge >= 0.3 is 0 Å². The second-order valence-corrected chi connectivity index (χ2v) is 6.95. The van der Waals surface area contributed by atoms with Gasteiger partial charge in [0.2, 0.25) is 0 Å². The van der Waals surface area contributed by atoms with Crippen molar-refractivity contribution in [3.05, 3.63) is 47.8 Å². The van der Waals surface area contributed by atoms with Crippen molar-refractivity contribution in [2.45, 2.75) is 19.0 Å². The van der Waals surface area contributed by atoms with Crippen molar-refractivity contribution >= 4 is 21.6 Å². The van der Waals surface area contributed by atoms with E-state index >= 15 is 0 Å². The largest absolute Gasteiger partial charge is 0.394 e. The van der Waals surface area contributed by atoms with Gasteiger partial charge in [0.25, 0.3) is 0 Å². The molecule has 0 saturated heterocycles. The molecule has 0 amide bonds. The van der Waals surface area contributed by atoms with E-state index in [0.29, 0.717) is 6.54 Å². The number of rotatable bonds is 7. The molecule has 0 fully saturated rings. The molecule has 0 unspecified atom stereocenters. The summed E-state index contributed by atoms with van der Waals surface area (Å²) < 4.78 is 3.11. The fourth-order valence-electron chi connectivity index (χ4n) is 2.47. The molecule has 2 heterocycles. The van der Waals surface area contributed by atoms with Crippen molar-refractivity contribution in [3.63, 3.8) is 0 Å². The maximum Gasteiger partial charge on any atom is 0.194 e. The average Bonchev–Trinajstić information content (AvgIpc) is 3.22. The zero-order valence-electron chi connectivity index (χ0n) is 13.4. The van der Waals surface area contributed by atoms with E-state index in [2.05, 4.69) is 23.3 Å². The van der Waals surface area contributed by atoms with Gasteiger partial charge < -0.3 is 15.3 Å². The Bertz CT molecular complexity index is 815. The molecule has 3 aromatic rings. The number of aliphatic hydroxyl groups excluding tert-OH is 3. The zero-order valence-corrected chi connectivity index (χ0v) is 14.3. The first-order valence-corrected chi connectivity index (χ1v) is 8.54. The first kappa shape index (κ1) is 17.1. The summed E-state index contributed by atoms with van der Waals surface area (Å²) in [5.74, 6) is 0. The Morgan fingerprint density at radius 1 is 1.17 bits per heavy atom. The summed E-state index contributed by atoms with van der Waals surface area (Å²) in [6.07, 6.45) is 1.93. The molecule has 2 aromatic heterocycles. The molecular formula is C17H21N3O3S. The molecule has 0 saturated carbocycles. The molecule has 0 bridgehead atoms. The Morgan fingerprint density at radius 2 is 1.92 bits per heavy atom. The molecule has 3 rings (SSSR count). The van der Waals surface area contributed by atoms with Gasteiger partial charge in [-0.05, 0) is 36.8 Å². The van der Waals surface area contributed by atoms with Crippen molar-refractivity contribution in [1.29, 1.82) is 0 Å². The van der Waals surface area contributed by atoms with Crippen molar-refractivity contribution in [2.75, 3.05) is 19.8 Å². The number of hydrogen-bond acceptors (Lipinski definition) is 6. The minimum absolute atomic E-state index is 0.346. The van der Waals surface area contributed by atoms with Gasteiger partial charge in [-0.2, -0.15) is 0 Å². The smallest absolute Gasteiger partial charge is 0.194 e. The van der Waals surface area contributed by atoms with Crippen molar-refractivity contribution in [1.82, 2.24) is 14.9 Å². The lowest BCUT2D eigenvalue weighted by Crippen LogP contribution is -2.54. The van der Waals surface area contributed by atoms with Crippen molar-refractivity contribution in [2.24, 2.45) is 0 Å². The van der Waals surface area contributed by atoms with Crippen LogP contribution in [0.5, 0.6) is 0 Å². The van der Waals surface area contributed by atoms with Crippen LogP contribution in [-0.4, -0.2) is 50.2 Å². The third-order valence-corrected chi connectivity index (χ3v) is 5.14. The summed E-state index contributed by atoms with van der Waals surface area (Å²) >= 11 is 1.61. The molecule has 6 nitrogen and oxygen atoms in total. The Morgan fingerprint density at radius 3 is 2.62 bits per heavy atom. The van der Waals surface area contributed by atoms with E-state index in [-0.39, 0.29) is 19.8 Å². The number of nitrogens with zero attached hydrogens (tertiary/aromatic N) is 2. The van der Waals surface area contributed by atoms with E-state index in [9.17, 15) is 15.3 Å². The number of hydrogen-bond donors (Lipinski definition) is 4. The number of nitrogens with one attached hydrogen (secondary N) is 1. The van der Waals surface area contributed by atoms with E-state index in [1.165, 1.54) is 5.56 Å². The highest BCUT2D eigenvalue weighted by Gasteiger charge is 2.27. The van der Waals surface area contributed by atoms with Crippen LogP contribution in [-0.2, 0) is 6.54 Å². The Labute approximate surface area is 144 Å². The van der Waals surface area contributed by atoms with Gasteiger partial charge in [-0.1, -0.05) is 17.4 Å². The molecule has 4 N–H and O–H groups in total. The van der Waals surface area contributed by atoms with Crippen LogP contribution in [0.25, 0.3) is 15.3 Å². The van der Waals surface area contributed by atoms with Crippen LogP contribution in [0, 0.1) is 6.92 Å². The predicted octanol–water partition coefficient (Wildman–Crippen LogP) is 1.20. The molecule has 24 heavy (non-hydrogen) atoms.